The normalized spacial score (nSPS) is 11.8. The van der Waals surface area contributed by atoms with Crippen LogP contribution < -0.4 is 5.73 Å². The number of hydrogen-bond acceptors (Lipinski definition) is 4. The second kappa shape index (κ2) is 6.17. The number of hydrogen-bond donors (Lipinski definition) is 1. The first-order valence-corrected chi connectivity index (χ1v) is 5.75. The van der Waals surface area contributed by atoms with E-state index in [9.17, 15) is 14.0 Å². The number of esters is 1. The maximum atomic E-state index is 12.9. The van der Waals surface area contributed by atoms with Gasteiger partial charge in [0.15, 0.2) is 0 Å². The molecule has 19 heavy (non-hydrogen) atoms. The van der Waals surface area contributed by atoms with E-state index >= 15 is 0 Å². The molecule has 0 aromatic heterocycles. The number of nitrogens with two attached hydrogens (primary N) is 1. The first kappa shape index (κ1) is 14.9. The summed E-state index contributed by atoms with van der Waals surface area (Å²) in [6, 6.07) is 3.58. The maximum Gasteiger partial charge on any atom is 0.310 e. The smallest absolute Gasteiger partial charge is 0.310 e. The third-order valence-electron chi connectivity index (χ3n) is 2.74. The van der Waals surface area contributed by atoms with Gasteiger partial charge >= 0.3 is 5.97 Å². The summed E-state index contributed by atoms with van der Waals surface area (Å²) < 4.78 is 17.5. The first-order chi connectivity index (χ1) is 8.86. The summed E-state index contributed by atoms with van der Waals surface area (Å²) in [6.07, 6.45) is 0. The quantitative estimate of drug-likeness (QED) is 0.659. The Morgan fingerprint density at radius 1 is 1.47 bits per heavy atom. The molecule has 1 amide bonds. The van der Waals surface area contributed by atoms with Gasteiger partial charge in [0.25, 0.3) is 5.91 Å². The van der Waals surface area contributed by atoms with E-state index < -0.39 is 17.7 Å². The summed E-state index contributed by atoms with van der Waals surface area (Å²) in [5.41, 5.74) is 5.88. The van der Waals surface area contributed by atoms with Crippen molar-refractivity contribution in [1.29, 1.82) is 0 Å². The van der Waals surface area contributed by atoms with E-state index in [1.807, 2.05) is 0 Å². The average molecular weight is 268 g/mol. The number of nitrogen functional groups attached to an aromatic ring is 1. The van der Waals surface area contributed by atoms with Crippen molar-refractivity contribution in [2.75, 3.05) is 26.4 Å². The Balaban J connectivity index is 2.79. The zero-order valence-corrected chi connectivity index (χ0v) is 11.1. The van der Waals surface area contributed by atoms with Crippen LogP contribution in [0.2, 0.25) is 0 Å². The number of carbonyl (C=O) groups excluding carboxylic acids is 2. The molecular formula is C13H17FN2O3. The lowest BCUT2D eigenvalue weighted by Gasteiger charge is -2.21. The minimum Gasteiger partial charge on any atom is -0.469 e. The van der Waals surface area contributed by atoms with E-state index in [1.54, 1.807) is 14.0 Å². The summed E-state index contributed by atoms with van der Waals surface area (Å²) in [7, 11) is 2.84. The van der Waals surface area contributed by atoms with Crippen LogP contribution in [-0.4, -0.2) is 37.5 Å². The van der Waals surface area contributed by atoms with Gasteiger partial charge in [0.05, 0.1) is 18.6 Å². The molecule has 1 rings (SSSR count). The van der Waals surface area contributed by atoms with Gasteiger partial charge in [-0.2, -0.15) is 0 Å². The molecule has 0 saturated carbocycles. The molecule has 1 atom stereocenters. The van der Waals surface area contributed by atoms with Gasteiger partial charge in [-0.3, -0.25) is 9.59 Å². The van der Waals surface area contributed by atoms with Crippen molar-refractivity contribution in [3.63, 3.8) is 0 Å². The maximum absolute atomic E-state index is 12.9. The number of rotatable bonds is 4. The topological polar surface area (TPSA) is 72.6 Å². The fraction of sp³-hybridized carbons (Fsp3) is 0.385. The van der Waals surface area contributed by atoms with Crippen LogP contribution in [0.15, 0.2) is 18.2 Å². The van der Waals surface area contributed by atoms with E-state index in [0.29, 0.717) is 0 Å². The molecule has 0 fully saturated rings. The van der Waals surface area contributed by atoms with Crippen LogP contribution in [0.3, 0.4) is 0 Å². The summed E-state index contributed by atoms with van der Waals surface area (Å²) in [4.78, 5) is 24.7. The number of anilines is 1. The van der Waals surface area contributed by atoms with Crippen LogP contribution in [-0.2, 0) is 9.53 Å². The van der Waals surface area contributed by atoms with E-state index in [4.69, 9.17) is 5.73 Å². The molecule has 104 valence electrons. The van der Waals surface area contributed by atoms with Gasteiger partial charge in [-0.1, -0.05) is 6.92 Å². The van der Waals surface area contributed by atoms with Crippen molar-refractivity contribution in [3.05, 3.63) is 29.6 Å². The highest BCUT2D eigenvalue weighted by Crippen LogP contribution is 2.16. The van der Waals surface area contributed by atoms with E-state index in [2.05, 4.69) is 4.74 Å². The third-order valence-corrected chi connectivity index (χ3v) is 2.74. The second-order valence-electron chi connectivity index (χ2n) is 4.34. The molecular weight excluding hydrogens is 251 g/mol. The third kappa shape index (κ3) is 3.67. The highest BCUT2D eigenvalue weighted by molar-refractivity contribution is 5.99. The van der Waals surface area contributed by atoms with E-state index in [1.165, 1.54) is 24.1 Å². The van der Waals surface area contributed by atoms with Crippen molar-refractivity contribution in [3.8, 4) is 0 Å². The molecule has 1 unspecified atom stereocenters. The predicted molar refractivity (Wildman–Crippen MR) is 69.0 cm³/mol. The molecule has 0 bridgehead atoms. The van der Waals surface area contributed by atoms with Crippen LogP contribution in [0, 0.1) is 11.7 Å². The number of ether oxygens (including phenoxy) is 1. The molecule has 0 radical (unpaired) electrons. The van der Waals surface area contributed by atoms with Crippen molar-refractivity contribution < 1.29 is 18.7 Å². The number of carbonyl (C=O) groups is 2. The SMILES string of the molecule is COC(=O)C(C)CN(C)C(=O)c1ccc(F)cc1N. The predicted octanol–water partition coefficient (Wildman–Crippen LogP) is 1.29. The summed E-state index contributed by atoms with van der Waals surface area (Å²) in [5, 5.41) is 0. The monoisotopic (exact) mass is 268 g/mol. The lowest BCUT2D eigenvalue weighted by atomic mass is 10.1. The fourth-order valence-electron chi connectivity index (χ4n) is 1.70. The first-order valence-electron chi connectivity index (χ1n) is 5.75. The van der Waals surface area contributed by atoms with Crippen LogP contribution in [0.4, 0.5) is 10.1 Å². The number of benzene rings is 1. The zero-order chi connectivity index (χ0) is 14.6. The summed E-state index contributed by atoms with van der Waals surface area (Å²) in [5.74, 6) is -1.71. The van der Waals surface area contributed by atoms with Crippen molar-refractivity contribution in [2.45, 2.75) is 6.92 Å². The summed E-state index contributed by atoms with van der Waals surface area (Å²) >= 11 is 0. The van der Waals surface area contributed by atoms with Gasteiger partial charge in [-0.15, -0.1) is 0 Å². The number of amides is 1. The Bertz CT molecular complexity index is 491. The number of nitrogens with zero attached hydrogens (tertiary/aromatic N) is 1. The lowest BCUT2D eigenvalue weighted by molar-refractivity contribution is -0.145. The van der Waals surface area contributed by atoms with Gasteiger partial charge in [-0.05, 0) is 18.2 Å². The number of halogens is 1. The van der Waals surface area contributed by atoms with Crippen molar-refractivity contribution in [2.24, 2.45) is 5.92 Å². The minimum absolute atomic E-state index is 0.0718. The van der Waals surface area contributed by atoms with Gasteiger partial charge in [0.1, 0.15) is 5.82 Å². The van der Waals surface area contributed by atoms with Gasteiger partial charge in [0, 0.05) is 19.3 Å². The molecule has 5 nitrogen and oxygen atoms in total. The molecule has 2 N–H and O–H groups in total. The van der Waals surface area contributed by atoms with Crippen molar-refractivity contribution >= 4 is 17.6 Å². The van der Waals surface area contributed by atoms with Crippen LogP contribution >= 0.6 is 0 Å². The molecule has 6 heteroatoms. The highest BCUT2D eigenvalue weighted by Gasteiger charge is 2.21. The highest BCUT2D eigenvalue weighted by atomic mass is 19.1. The Morgan fingerprint density at radius 2 is 2.11 bits per heavy atom. The van der Waals surface area contributed by atoms with E-state index in [0.717, 1.165) is 6.07 Å². The minimum atomic E-state index is -0.500. The molecule has 0 saturated heterocycles. The standard InChI is InChI=1S/C13H17FN2O3/c1-8(13(18)19-3)7-16(2)12(17)10-5-4-9(14)6-11(10)15/h4-6,8H,7,15H2,1-3H3. The Kier molecular flexibility index (Phi) is 4.86. The Morgan fingerprint density at radius 3 is 2.63 bits per heavy atom. The molecule has 0 aliphatic rings. The fourth-order valence-corrected chi connectivity index (χ4v) is 1.70. The molecule has 0 aliphatic carbocycles. The van der Waals surface area contributed by atoms with Crippen LogP contribution in [0.5, 0.6) is 0 Å². The van der Waals surface area contributed by atoms with Gasteiger partial charge < -0.3 is 15.4 Å². The molecule has 1 aromatic carbocycles. The molecule has 1 aromatic rings. The largest absolute Gasteiger partial charge is 0.469 e. The average Bonchev–Trinajstić information content (AvgIpc) is 2.36. The summed E-state index contributed by atoms with van der Waals surface area (Å²) in [6.45, 7) is 1.85. The molecule has 0 heterocycles. The van der Waals surface area contributed by atoms with Crippen LogP contribution in [0.1, 0.15) is 17.3 Å². The zero-order valence-electron chi connectivity index (χ0n) is 11.1. The Hall–Kier alpha value is -2.11. The van der Waals surface area contributed by atoms with Crippen LogP contribution in [0.25, 0.3) is 0 Å². The Labute approximate surface area is 111 Å². The molecule has 0 aliphatic heterocycles. The molecule has 0 spiro atoms. The number of methoxy groups -OCH3 is 1. The van der Waals surface area contributed by atoms with Gasteiger partial charge in [-0.25, -0.2) is 4.39 Å². The van der Waals surface area contributed by atoms with E-state index in [-0.39, 0.29) is 23.7 Å². The van der Waals surface area contributed by atoms with Crippen molar-refractivity contribution in [1.82, 2.24) is 4.90 Å². The lowest BCUT2D eigenvalue weighted by Crippen LogP contribution is -2.34. The second-order valence-corrected chi connectivity index (χ2v) is 4.34. The van der Waals surface area contributed by atoms with Gasteiger partial charge in [0.2, 0.25) is 0 Å².